The molecule has 1 aromatic carbocycles. The van der Waals surface area contributed by atoms with Gasteiger partial charge in [0.25, 0.3) is 5.91 Å². The number of aryl methyl sites for hydroxylation is 1. The highest BCUT2D eigenvalue weighted by molar-refractivity contribution is 5.96. The summed E-state index contributed by atoms with van der Waals surface area (Å²) in [6, 6.07) is 7.64. The van der Waals surface area contributed by atoms with Gasteiger partial charge in [-0.25, -0.2) is 9.18 Å². The molecule has 1 amide bonds. The van der Waals surface area contributed by atoms with Crippen molar-refractivity contribution in [2.75, 3.05) is 6.54 Å². The van der Waals surface area contributed by atoms with E-state index < -0.39 is 11.9 Å². The maximum Gasteiger partial charge on any atom is 0.339 e. The average Bonchev–Trinajstić information content (AvgIpc) is 3.22. The summed E-state index contributed by atoms with van der Waals surface area (Å²) in [6.07, 6.45) is 2.13. The summed E-state index contributed by atoms with van der Waals surface area (Å²) in [5, 5.41) is 11.9. The maximum atomic E-state index is 13.4. The van der Waals surface area contributed by atoms with E-state index in [2.05, 4.69) is 5.32 Å². The van der Waals surface area contributed by atoms with E-state index in [1.54, 1.807) is 13.0 Å². The van der Waals surface area contributed by atoms with Crippen LogP contribution in [0.4, 0.5) is 4.39 Å². The van der Waals surface area contributed by atoms with Crippen molar-refractivity contribution in [3.8, 4) is 0 Å². The summed E-state index contributed by atoms with van der Waals surface area (Å²) in [7, 11) is 0. The fourth-order valence-electron chi connectivity index (χ4n) is 2.86. The molecule has 0 aliphatic heterocycles. The van der Waals surface area contributed by atoms with Crippen LogP contribution in [0.2, 0.25) is 0 Å². The molecule has 0 saturated heterocycles. The predicted octanol–water partition coefficient (Wildman–Crippen LogP) is 3.14. The summed E-state index contributed by atoms with van der Waals surface area (Å²) >= 11 is 0. The van der Waals surface area contributed by atoms with Gasteiger partial charge in [-0.2, -0.15) is 0 Å². The Morgan fingerprint density at radius 2 is 2.08 bits per heavy atom. The molecule has 2 N–H and O–H groups in total. The molecular weight excluding hydrogens is 313 g/mol. The number of benzene rings is 1. The predicted molar refractivity (Wildman–Crippen MR) is 84.7 cm³/mol. The molecule has 1 saturated carbocycles. The number of halogens is 1. The van der Waals surface area contributed by atoms with Crippen molar-refractivity contribution >= 4 is 11.9 Å². The Morgan fingerprint density at radius 1 is 1.33 bits per heavy atom. The van der Waals surface area contributed by atoms with Crippen molar-refractivity contribution in [1.29, 1.82) is 0 Å². The lowest BCUT2D eigenvalue weighted by Gasteiger charge is -2.16. The minimum absolute atomic E-state index is 0.00826. The second-order valence-electron chi connectivity index (χ2n) is 6.08. The van der Waals surface area contributed by atoms with Crippen LogP contribution in [-0.2, 0) is 11.8 Å². The molecule has 5 nitrogen and oxygen atoms in total. The monoisotopic (exact) mass is 331 g/mol. The van der Waals surface area contributed by atoms with Crippen molar-refractivity contribution in [1.82, 2.24) is 5.32 Å². The number of amides is 1. The molecule has 0 unspecified atom stereocenters. The Kier molecular flexibility index (Phi) is 4.13. The Labute approximate surface area is 138 Å². The fraction of sp³-hybridized carbons (Fsp3) is 0.333. The van der Waals surface area contributed by atoms with Gasteiger partial charge in [0, 0.05) is 24.4 Å². The van der Waals surface area contributed by atoms with Gasteiger partial charge in [0.05, 0.1) is 0 Å². The number of carbonyl (C=O) groups is 2. The van der Waals surface area contributed by atoms with Crippen LogP contribution in [0.25, 0.3) is 0 Å². The van der Waals surface area contributed by atoms with Gasteiger partial charge in [-0.05, 0) is 30.5 Å². The summed E-state index contributed by atoms with van der Waals surface area (Å²) in [5.74, 6) is -1.61. The van der Waals surface area contributed by atoms with E-state index in [1.165, 1.54) is 18.2 Å². The normalized spacial score (nSPS) is 15.1. The Hall–Kier alpha value is -2.63. The zero-order chi connectivity index (χ0) is 17.3. The minimum Gasteiger partial charge on any atom is -0.478 e. The molecule has 0 atom stereocenters. The summed E-state index contributed by atoms with van der Waals surface area (Å²) in [5.41, 5.74) is 0.629. The van der Waals surface area contributed by atoms with E-state index in [0.717, 1.165) is 18.4 Å². The first kappa shape index (κ1) is 16.2. The standard InChI is InChI=1S/C18H18FNO4/c1-2-14-13(17(22)23)9-15(24-14)16(21)20-10-18(6-7-18)11-4-3-5-12(19)8-11/h3-5,8-9H,2,6-7,10H2,1H3,(H,20,21)(H,22,23). The lowest BCUT2D eigenvalue weighted by molar-refractivity contribution is 0.0694. The zero-order valence-electron chi connectivity index (χ0n) is 13.3. The Bertz CT molecular complexity index is 792. The number of rotatable bonds is 6. The Morgan fingerprint density at radius 3 is 2.62 bits per heavy atom. The van der Waals surface area contributed by atoms with Crippen LogP contribution in [0.3, 0.4) is 0 Å². The number of hydrogen-bond donors (Lipinski definition) is 2. The highest BCUT2D eigenvalue weighted by atomic mass is 19.1. The van der Waals surface area contributed by atoms with Crippen molar-refractivity contribution in [3.63, 3.8) is 0 Å². The molecule has 0 spiro atoms. The van der Waals surface area contributed by atoms with Gasteiger partial charge in [-0.15, -0.1) is 0 Å². The number of furan rings is 1. The first-order valence-electron chi connectivity index (χ1n) is 7.85. The molecule has 0 radical (unpaired) electrons. The van der Waals surface area contributed by atoms with Crippen molar-refractivity contribution < 1.29 is 23.5 Å². The first-order chi connectivity index (χ1) is 11.4. The molecular formula is C18H18FNO4. The van der Waals surface area contributed by atoms with Gasteiger partial charge in [0.15, 0.2) is 5.76 Å². The molecule has 1 fully saturated rings. The first-order valence-corrected chi connectivity index (χ1v) is 7.85. The SMILES string of the molecule is CCc1oc(C(=O)NCC2(c3cccc(F)c3)CC2)cc1C(=O)O. The molecule has 3 rings (SSSR count). The van der Waals surface area contributed by atoms with E-state index in [9.17, 15) is 14.0 Å². The van der Waals surface area contributed by atoms with Gasteiger partial charge in [-0.1, -0.05) is 19.1 Å². The molecule has 24 heavy (non-hydrogen) atoms. The lowest BCUT2D eigenvalue weighted by atomic mass is 9.96. The summed E-state index contributed by atoms with van der Waals surface area (Å²) in [6.45, 7) is 2.12. The van der Waals surface area contributed by atoms with Crippen LogP contribution in [0.5, 0.6) is 0 Å². The lowest BCUT2D eigenvalue weighted by Crippen LogP contribution is -2.32. The van der Waals surface area contributed by atoms with Crippen LogP contribution >= 0.6 is 0 Å². The van der Waals surface area contributed by atoms with E-state index in [-0.39, 0.29) is 28.3 Å². The molecule has 6 heteroatoms. The van der Waals surface area contributed by atoms with E-state index in [4.69, 9.17) is 9.52 Å². The second kappa shape index (κ2) is 6.11. The van der Waals surface area contributed by atoms with Crippen LogP contribution in [-0.4, -0.2) is 23.5 Å². The number of carbonyl (C=O) groups excluding carboxylic acids is 1. The topological polar surface area (TPSA) is 79.5 Å². The van der Waals surface area contributed by atoms with Crippen molar-refractivity contribution in [2.24, 2.45) is 0 Å². The van der Waals surface area contributed by atoms with E-state index >= 15 is 0 Å². The highest BCUT2D eigenvalue weighted by Crippen LogP contribution is 2.47. The number of carboxylic acid groups (broad SMARTS) is 1. The molecule has 2 aromatic rings. The van der Waals surface area contributed by atoms with Crippen molar-refractivity contribution in [3.05, 3.63) is 58.8 Å². The Balaban J connectivity index is 1.71. The third-order valence-electron chi connectivity index (χ3n) is 4.46. The maximum absolute atomic E-state index is 13.4. The van der Waals surface area contributed by atoms with Crippen LogP contribution < -0.4 is 5.32 Å². The fourth-order valence-corrected chi connectivity index (χ4v) is 2.86. The minimum atomic E-state index is -1.12. The van der Waals surface area contributed by atoms with Crippen LogP contribution in [0, 0.1) is 5.82 Å². The quantitative estimate of drug-likeness (QED) is 0.852. The average molecular weight is 331 g/mol. The van der Waals surface area contributed by atoms with Gasteiger partial charge in [0.1, 0.15) is 17.1 Å². The molecule has 1 aliphatic rings. The third-order valence-corrected chi connectivity index (χ3v) is 4.46. The zero-order valence-corrected chi connectivity index (χ0v) is 13.3. The molecule has 0 bridgehead atoms. The number of nitrogens with one attached hydrogen (secondary N) is 1. The second-order valence-corrected chi connectivity index (χ2v) is 6.08. The van der Waals surface area contributed by atoms with E-state index in [1.807, 2.05) is 6.07 Å². The third kappa shape index (κ3) is 3.04. The molecule has 126 valence electrons. The van der Waals surface area contributed by atoms with Gasteiger partial charge in [0.2, 0.25) is 0 Å². The summed E-state index contributed by atoms with van der Waals surface area (Å²) in [4.78, 5) is 23.4. The number of hydrogen-bond acceptors (Lipinski definition) is 3. The largest absolute Gasteiger partial charge is 0.478 e. The van der Waals surface area contributed by atoms with Crippen LogP contribution in [0.1, 0.15) is 52.0 Å². The van der Waals surface area contributed by atoms with E-state index in [0.29, 0.717) is 13.0 Å². The number of aromatic carboxylic acids is 1. The highest BCUT2D eigenvalue weighted by Gasteiger charge is 2.44. The molecule has 1 heterocycles. The van der Waals surface area contributed by atoms with Gasteiger partial charge >= 0.3 is 5.97 Å². The smallest absolute Gasteiger partial charge is 0.339 e. The summed E-state index contributed by atoms with van der Waals surface area (Å²) < 4.78 is 18.7. The van der Waals surface area contributed by atoms with Gasteiger partial charge in [-0.3, -0.25) is 4.79 Å². The molecule has 1 aromatic heterocycles. The van der Waals surface area contributed by atoms with Crippen LogP contribution in [0.15, 0.2) is 34.7 Å². The van der Waals surface area contributed by atoms with Gasteiger partial charge < -0.3 is 14.8 Å². The molecule has 1 aliphatic carbocycles. The number of carboxylic acids is 1. The van der Waals surface area contributed by atoms with Crippen molar-refractivity contribution in [2.45, 2.75) is 31.6 Å².